The molecule has 0 saturated carbocycles. The highest BCUT2D eigenvalue weighted by Crippen LogP contribution is 2.25. The molecular weight excluding hydrogens is 188 g/mol. The lowest BCUT2D eigenvalue weighted by Crippen LogP contribution is -2.25. The predicted molar refractivity (Wildman–Crippen MR) is 50.8 cm³/mol. The second kappa shape index (κ2) is 2.85. The fraction of sp³-hybridized carbons (Fsp3) is 0.125. The number of rotatable bonds is 0. The quantitative estimate of drug-likeness (QED) is 0.587. The summed E-state index contributed by atoms with van der Waals surface area (Å²) >= 11 is 0. The van der Waals surface area contributed by atoms with Crippen LogP contribution in [0.3, 0.4) is 0 Å². The van der Waals surface area contributed by atoms with E-state index in [0.717, 1.165) is 0 Å². The van der Waals surface area contributed by atoms with E-state index in [1.165, 1.54) is 0 Å². The van der Waals surface area contributed by atoms with E-state index < -0.39 is 10.8 Å². The van der Waals surface area contributed by atoms with E-state index >= 15 is 0 Å². The van der Waals surface area contributed by atoms with Gasteiger partial charge in [0.1, 0.15) is 5.75 Å². The molecule has 0 aromatic heterocycles. The summed E-state index contributed by atoms with van der Waals surface area (Å²) in [7, 11) is -1.25. The van der Waals surface area contributed by atoms with Crippen molar-refractivity contribution in [3.63, 3.8) is 0 Å². The zero-order valence-electron chi connectivity index (χ0n) is 6.74. The molecule has 1 aromatic rings. The Hall–Kier alpha value is -1.36. The Labute approximate surface area is 77.6 Å². The Morgan fingerprint density at radius 1 is 1.46 bits per heavy atom. The molecule has 5 heteroatoms. The van der Waals surface area contributed by atoms with Crippen LogP contribution >= 0.6 is 0 Å². The third-order valence-electron chi connectivity index (χ3n) is 1.79. The summed E-state index contributed by atoms with van der Waals surface area (Å²) in [5.74, 6) is -0.188. The minimum atomic E-state index is -1.25. The van der Waals surface area contributed by atoms with Crippen molar-refractivity contribution in [3.8, 4) is 0 Å². The zero-order chi connectivity index (χ0) is 9.42. The Morgan fingerprint density at radius 3 is 3.00 bits per heavy atom. The second-order valence-corrected chi connectivity index (χ2v) is 4.21. The van der Waals surface area contributed by atoms with E-state index in [-0.39, 0.29) is 11.7 Å². The number of carbonyl (C=O) groups excluding carboxylic acids is 1. The van der Waals surface area contributed by atoms with Crippen molar-refractivity contribution in [1.82, 2.24) is 0 Å². The number of nitrogens with two attached hydrogens (primary N) is 1. The standard InChI is InChI=1S/C8H8N2O2S/c9-5-1-2-6-7(3-5)13(12)4-8(11)10-6/h1-3H,4,9H2,(H,10,11). The van der Waals surface area contributed by atoms with Crippen molar-refractivity contribution < 1.29 is 9.00 Å². The molecular formula is C8H8N2O2S. The van der Waals surface area contributed by atoms with Crippen molar-refractivity contribution in [3.05, 3.63) is 18.2 Å². The molecule has 1 aliphatic rings. The highest BCUT2D eigenvalue weighted by Gasteiger charge is 2.20. The Morgan fingerprint density at radius 2 is 2.23 bits per heavy atom. The normalized spacial score (nSPS) is 20.6. The van der Waals surface area contributed by atoms with Crippen molar-refractivity contribution >= 4 is 28.1 Å². The number of hydrogen-bond acceptors (Lipinski definition) is 3. The second-order valence-electron chi connectivity index (χ2n) is 2.79. The molecule has 0 fully saturated rings. The van der Waals surface area contributed by atoms with Crippen molar-refractivity contribution in [2.24, 2.45) is 0 Å². The van der Waals surface area contributed by atoms with E-state index in [1.54, 1.807) is 18.2 Å². The van der Waals surface area contributed by atoms with E-state index in [0.29, 0.717) is 16.3 Å². The van der Waals surface area contributed by atoms with Gasteiger partial charge in [0.25, 0.3) is 0 Å². The molecule has 0 radical (unpaired) electrons. The minimum Gasteiger partial charge on any atom is -0.399 e. The maximum absolute atomic E-state index is 11.4. The number of nitrogen functional groups attached to an aromatic ring is 1. The van der Waals surface area contributed by atoms with E-state index in [9.17, 15) is 9.00 Å². The highest BCUT2D eigenvalue weighted by atomic mass is 32.2. The van der Waals surface area contributed by atoms with Gasteiger partial charge in [0.2, 0.25) is 5.91 Å². The Kier molecular flexibility index (Phi) is 1.81. The third-order valence-corrected chi connectivity index (χ3v) is 3.14. The smallest absolute Gasteiger partial charge is 0.237 e. The first-order valence-electron chi connectivity index (χ1n) is 3.74. The molecule has 1 heterocycles. The molecule has 3 N–H and O–H groups in total. The number of hydrogen-bond donors (Lipinski definition) is 2. The maximum Gasteiger partial charge on any atom is 0.237 e. The van der Waals surface area contributed by atoms with Crippen LogP contribution in [0.1, 0.15) is 0 Å². The first-order valence-corrected chi connectivity index (χ1v) is 5.06. The lowest BCUT2D eigenvalue weighted by Gasteiger charge is -2.15. The van der Waals surface area contributed by atoms with Gasteiger partial charge in [0.05, 0.1) is 21.4 Å². The lowest BCUT2D eigenvalue weighted by atomic mass is 10.3. The summed E-state index contributed by atoms with van der Waals surface area (Å²) in [6, 6.07) is 4.96. The summed E-state index contributed by atoms with van der Waals surface area (Å²) in [6.45, 7) is 0. The summed E-state index contributed by atoms with van der Waals surface area (Å²) in [6.07, 6.45) is 0. The SMILES string of the molecule is Nc1ccc2c(c1)S(=O)CC(=O)N2. The van der Waals surface area contributed by atoms with Crippen LogP contribution in [0, 0.1) is 0 Å². The van der Waals surface area contributed by atoms with Gasteiger partial charge in [-0.05, 0) is 18.2 Å². The van der Waals surface area contributed by atoms with Crippen molar-refractivity contribution in [2.45, 2.75) is 4.90 Å². The molecule has 2 rings (SSSR count). The average Bonchev–Trinajstić information content (AvgIpc) is 2.06. The number of carbonyl (C=O) groups is 1. The van der Waals surface area contributed by atoms with Crippen LogP contribution in [0.25, 0.3) is 0 Å². The monoisotopic (exact) mass is 196 g/mol. The molecule has 4 nitrogen and oxygen atoms in total. The average molecular weight is 196 g/mol. The summed E-state index contributed by atoms with van der Waals surface area (Å²) < 4.78 is 11.4. The van der Waals surface area contributed by atoms with Gasteiger partial charge in [-0.15, -0.1) is 0 Å². The Balaban J connectivity index is 2.55. The van der Waals surface area contributed by atoms with Crippen LogP contribution in [0.4, 0.5) is 11.4 Å². The van der Waals surface area contributed by atoms with E-state index in [2.05, 4.69) is 5.32 Å². The van der Waals surface area contributed by atoms with Crippen LogP contribution in [0.15, 0.2) is 23.1 Å². The number of benzene rings is 1. The summed E-state index contributed by atoms with van der Waals surface area (Å²) in [5, 5.41) is 2.63. The van der Waals surface area contributed by atoms with Gasteiger partial charge in [-0.2, -0.15) is 0 Å². The Bertz CT molecular complexity index is 403. The van der Waals surface area contributed by atoms with Crippen LogP contribution < -0.4 is 11.1 Å². The molecule has 68 valence electrons. The number of anilines is 2. The molecule has 0 saturated heterocycles. The molecule has 1 unspecified atom stereocenters. The first-order chi connectivity index (χ1) is 6.16. The molecule has 1 atom stereocenters. The van der Waals surface area contributed by atoms with Crippen LogP contribution in [-0.4, -0.2) is 15.9 Å². The zero-order valence-corrected chi connectivity index (χ0v) is 7.56. The van der Waals surface area contributed by atoms with Crippen molar-refractivity contribution in [2.75, 3.05) is 16.8 Å². The van der Waals surface area contributed by atoms with E-state index in [4.69, 9.17) is 5.73 Å². The molecule has 0 aliphatic carbocycles. The number of amides is 1. The number of nitrogens with one attached hydrogen (secondary N) is 1. The molecule has 1 aliphatic heterocycles. The molecule has 1 aromatic carbocycles. The molecule has 13 heavy (non-hydrogen) atoms. The predicted octanol–water partition coefficient (Wildman–Crippen LogP) is 0.328. The minimum absolute atomic E-state index is 0.0243. The number of fused-ring (bicyclic) bond motifs is 1. The first kappa shape index (κ1) is 8.25. The van der Waals surface area contributed by atoms with Gasteiger partial charge in [-0.3, -0.25) is 9.00 Å². The van der Waals surface area contributed by atoms with Crippen LogP contribution in [-0.2, 0) is 15.6 Å². The van der Waals surface area contributed by atoms with Crippen molar-refractivity contribution in [1.29, 1.82) is 0 Å². The maximum atomic E-state index is 11.4. The fourth-order valence-electron chi connectivity index (χ4n) is 1.21. The lowest BCUT2D eigenvalue weighted by molar-refractivity contribution is -0.113. The largest absolute Gasteiger partial charge is 0.399 e. The molecule has 0 spiro atoms. The van der Waals surface area contributed by atoms with Crippen LogP contribution in [0.5, 0.6) is 0 Å². The van der Waals surface area contributed by atoms with Gasteiger partial charge in [-0.25, -0.2) is 0 Å². The third kappa shape index (κ3) is 1.42. The van der Waals surface area contributed by atoms with Gasteiger partial charge in [-0.1, -0.05) is 0 Å². The van der Waals surface area contributed by atoms with Gasteiger partial charge < -0.3 is 11.1 Å². The van der Waals surface area contributed by atoms with Gasteiger partial charge in [0, 0.05) is 5.69 Å². The summed E-state index contributed by atoms with van der Waals surface area (Å²) in [5.41, 5.74) is 6.69. The summed E-state index contributed by atoms with van der Waals surface area (Å²) in [4.78, 5) is 11.6. The van der Waals surface area contributed by atoms with Gasteiger partial charge >= 0.3 is 0 Å². The molecule has 1 amide bonds. The van der Waals surface area contributed by atoms with Gasteiger partial charge in [0.15, 0.2) is 0 Å². The van der Waals surface area contributed by atoms with E-state index in [1.807, 2.05) is 0 Å². The topological polar surface area (TPSA) is 72.2 Å². The molecule has 0 bridgehead atoms. The highest BCUT2D eigenvalue weighted by molar-refractivity contribution is 7.86. The fourth-order valence-corrected chi connectivity index (χ4v) is 2.31. The van der Waals surface area contributed by atoms with Crippen LogP contribution in [0.2, 0.25) is 0 Å².